The number of imide groups is 1. The highest BCUT2D eigenvalue weighted by Crippen LogP contribution is 2.44. The SMILES string of the molecule is Cc1ccc(C(=O)COC(=O)c2cc(-c3ccc(N4C(=O)C5CC(Br)C(Br)CC5C4=O)cc3)nc3ccc(Br)cc23)cc1[N+](=O)[O-]. The highest BCUT2D eigenvalue weighted by atomic mass is 79.9. The average Bonchev–Trinajstić information content (AvgIpc) is 3.27. The number of alkyl halides is 2. The topological polar surface area (TPSA) is 137 Å². The number of benzene rings is 3. The van der Waals surface area contributed by atoms with E-state index in [0.29, 0.717) is 50.7 Å². The summed E-state index contributed by atoms with van der Waals surface area (Å²) in [6, 6.07) is 17.7. The Morgan fingerprint density at radius 1 is 0.957 bits per heavy atom. The molecule has 10 nitrogen and oxygen atoms in total. The van der Waals surface area contributed by atoms with Gasteiger partial charge in [0.05, 0.1) is 39.2 Å². The largest absolute Gasteiger partial charge is 0.454 e. The number of aromatic nitrogens is 1. The van der Waals surface area contributed by atoms with E-state index in [4.69, 9.17) is 9.72 Å². The molecule has 0 spiro atoms. The number of aryl methyl sites for hydroxylation is 1. The van der Waals surface area contributed by atoms with Gasteiger partial charge in [0.2, 0.25) is 17.6 Å². The number of carbonyl (C=O) groups is 4. The molecule has 234 valence electrons. The summed E-state index contributed by atoms with van der Waals surface area (Å²) < 4.78 is 6.10. The number of carbonyl (C=O) groups excluding carboxylic acids is 4. The lowest BCUT2D eigenvalue weighted by atomic mass is 9.81. The smallest absolute Gasteiger partial charge is 0.339 e. The second-order valence-electron chi connectivity index (χ2n) is 11.2. The number of ether oxygens (including phenoxy) is 1. The van der Waals surface area contributed by atoms with E-state index in [1.807, 2.05) is 0 Å². The van der Waals surface area contributed by atoms with E-state index >= 15 is 0 Å². The number of Topliss-reactive ketones (excluding diaryl/α,β-unsaturated/α-hetero) is 1. The van der Waals surface area contributed by atoms with Crippen LogP contribution in [0.3, 0.4) is 0 Å². The highest BCUT2D eigenvalue weighted by molar-refractivity contribution is 9.12. The minimum Gasteiger partial charge on any atom is -0.454 e. The molecule has 13 heteroatoms. The number of esters is 1. The van der Waals surface area contributed by atoms with Crippen LogP contribution in [0.15, 0.2) is 71.2 Å². The van der Waals surface area contributed by atoms with Gasteiger partial charge < -0.3 is 4.74 Å². The van der Waals surface area contributed by atoms with Crippen molar-refractivity contribution >= 4 is 93.6 Å². The molecule has 2 heterocycles. The maximum absolute atomic E-state index is 13.4. The van der Waals surface area contributed by atoms with E-state index in [9.17, 15) is 29.3 Å². The van der Waals surface area contributed by atoms with E-state index < -0.39 is 23.3 Å². The molecule has 6 rings (SSSR count). The first-order valence-electron chi connectivity index (χ1n) is 14.2. The fraction of sp³-hybridized carbons (Fsp3) is 0.242. The molecule has 4 unspecified atom stereocenters. The molecule has 1 aromatic heterocycles. The van der Waals surface area contributed by atoms with Crippen molar-refractivity contribution in [2.75, 3.05) is 11.5 Å². The van der Waals surface area contributed by atoms with Crippen LogP contribution in [0.1, 0.15) is 39.1 Å². The molecule has 1 aliphatic carbocycles. The quantitative estimate of drug-likeness (QED) is 0.0472. The number of anilines is 1. The Balaban J connectivity index is 1.26. The van der Waals surface area contributed by atoms with Gasteiger partial charge in [-0.05, 0) is 56.2 Å². The van der Waals surface area contributed by atoms with Crippen LogP contribution in [0.5, 0.6) is 0 Å². The van der Waals surface area contributed by atoms with E-state index in [2.05, 4.69) is 47.8 Å². The molecule has 3 aromatic carbocycles. The first-order chi connectivity index (χ1) is 21.9. The van der Waals surface area contributed by atoms with E-state index in [1.54, 1.807) is 55.5 Å². The number of ketones is 1. The number of nitro benzene ring substituents is 1. The number of nitrogens with zero attached hydrogens (tertiary/aromatic N) is 3. The Morgan fingerprint density at radius 2 is 1.61 bits per heavy atom. The fourth-order valence-corrected chi connectivity index (χ4v) is 7.52. The minimum atomic E-state index is -0.774. The van der Waals surface area contributed by atoms with Crippen LogP contribution in [0, 0.1) is 28.9 Å². The first kappa shape index (κ1) is 32.1. The number of hydrogen-bond donors (Lipinski definition) is 0. The molecule has 2 amide bonds. The maximum Gasteiger partial charge on any atom is 0.339 e. The molecule has 2 aliphatic rings. The predicted octanol–water partition coefficient (Wildman–Crippen LogP) is 7.35. The number of fused-ring (bicyclic) bond motifs is 2. The number of pyridine rings is 1. The van der Waals surface area contributed by atoms with Crippen molar-refractivity contribution in [1.82, 2.24) is 4.98 Å². The van der Waals surface area contributed by atoms with Crippen LogP contribution in [0.2, 0.25) is 0 Å². The van der Waals surface area contributed by atoms with Gasteiger partial charge in [-0.2, -0.15) is 0 Å². The van der Waals surface area contributed by atoms with Gasteiger partial charge in [0.25, 0.3) is 5.69 Å². The summed E-state index contributed by atoms with van der Waals surface area (Å²) >= 11 is 10.6. The summed E-state index contributed by atoms with van der Waals surface area (Å²) in [4.78, 5) is 69.6. The molecule has 0 bridgehead atoms. The van der Waals surface area contributed by atoms with Crippen LogP contribution >= 0.6 is 47.8 Å². The molecular formula is C33H24Br3N3O7. The van der Waals surface area contributed by atoms with Gasteiger partial charge >= 0.3 is 5.97 Å². The number of nitro groups is 1. The molecule has 1 aliphatic heterocycles. The lowest BCUT2D eigenvalue weighted by Gasteiger charge is -2.29. The van der Waals surface area contributed by atoms with Crippen molar-refractivity contribution in [3.8, 4) is 11.3 Å². The fourth-order valence-electron chi connectivity index (χ4n) is 5.92. The minimum absolute atomic E-state index is 0.0569. The molecule has 4 aromatic rings. The number of rotatable bonds is 7. The Bertz CT molecular complexity index is 1920. The number of hydrogen-bond acceptors (Lipinski definition) is 8. The van der Waals surface area contributed by atoms with Gasteiger partial charge in [-0.3, -0.25) is 29.4 Å². The third kappa shape index (κ3) is 6.03. The molecule has 1 saturated carbocycles. The zero-order valence-electron chi connectivity index (χ0n) is 24.1. The van der Waals surface area contributed by atoms with Gasteiger partial charge in [0, 0.05) is 42.3 Å². The maximum atomic E-state index is 13.4. The lowest BCUT2D eigenvalue weighted by Crippen LogP contribution is -2.34. The van der Waals surface area contributed by atoms with Crippen molar-refractivity contribution in [2.45, 2.75) is 29.4 Å². The van der Waals surface area contributed by atoms with E-state index in [-0.39, 0.29) is 50.1 Å². The lowest BCUT2D eigenvalue weighted by molar-refractivity contribution is -0.385. The van der Waals surface area contributed by atoms with Crippen LogP contribution in [-0.2, 0) is 14.3 Å². The summed E-state index contributed by atoms with van der Waals surface area (Å²) in [5.74, 6) is -2.51. The monoisotopic (exact) mass is 811 g/mol. The standard InChI is InChI=1S/C33H24Br3N3O7/c1-16-2-3-18(10-29(16)39(44)45)30(40)15-46-33(43)24-14-28(37-27-9-6-19(34)11-21(24)27)17-4-7-20(8-5-17)38-31(41)22-12-25(35)26(36)13-23(22)32(38)42/h2-11,14,22-23,25-26H,12-13,15H2,1H3. The van der Waals surface area contributed by atoms with Gasteiger partial charge in [0.15, 0.2) is 6.61 Å². The Kier molecular flexibility index (Phi) is 8.92. The predicted molar refractivity (Wildman–Crippen MR) is 181 cm³/mol. The Hall–Kier alpha value is -3.81. The molecule has 46 heavy (non-hydrogen) atoms. The van der Waals surface area contributed by atoms with Crippen LogP contribution < -0.4 is 4.90 Å². The second-order valence-corrected chi connectivity index (χ2v) is 14.5. The summed E-state index contributed by atoms with van der Waals surface area (Å²) in [7, 11) is 0. The van der Waals surface area contributed by atoms with Crippen LogP contribution in [-0.4, -0.2) is 49.7 Å². The van der Waals surface area contributed by atoms with Crippen molar-refractivity contribution in [1.29, 1.82) is 0 Å². The molecule has 4 atom stereocenters. The van der Waals surface area contributed by atoms with Gasteiger partial charge in [-0.15, -0.1) is 0 Å². The zero-order chi connectivity index (χ0) is 32.9. The van der Waals surface area contributed by atoms with E-state index in [0.717, 1.165) is 0 Å². The Labute approximate surface area is 288 Å². The van der Waals surface area contributed by atoms with Gasteiger partial charge in [-0.1, -0.05) is 72.1 Å². The van der Waals surface area contributed by atoms with Crippen molar-refractivity contribution < 1.29 is 28.8 Å². The van der Waals surface area contributed by atoms with Gasteiger partial charge in [-0.25, -0.2) is 9.78 Å². The third-order valence-electron chi connectivity index (χ3n) is 8.39. The molecular weight excluding hydrogens is 790 g/mol. The summed E-state index contributed by atoms with van der Waals surface area (Å²) in [6.45, 7) is 0.950. The van der Waals surface area contributed by atoms with Crippen molar-refractivity contribution in [3.05, 3.63) is 98.0 Å². The number of halogens is 3. The van der Waals surface area contributed by atoms with Crippen molar-refractivity contribution in [2.24, 2.45) is 11.8 Å². The molecule has 2 fully saturated rings. The van der Waals surface area contributed by atoms with E-state index in [1.165, 1.54) is 23.1 Å². The molecule has 1 saturated heterocycles. The average molecular weight is 814 g/mol. The van der Waals surface area contributed by atoms with Crippen LogP contribution in [0.4, 0.5) is 11.4 Å². The number of amides is 2. The summed E-state index contributed by atoms with van der Waals surface area (Å²) in [5.41, 5.74) is 2.45. The summed E-state index contributed by atoms with van der Waals surface area (Å²) in [5, 5.41) is 11.8. The molecule has 0 N–H and O–H groups in total. The highest BCUT2D eigenvalue weighted by Gasteiger charge is 2.52. The second kappa shape index (κ2) is 12.8. The normalized spacial score (nSPS) is 20.9. The zero-order valence-corrected chi connectivity index (χ0v) is 28.9. The van der Waals surface area contributed by atoms with Crippen molar-refractivity contribution in [3.63, 3.8) is 0 Å². The first-order valence-corrected chi connectivity index (χ1v) is 16.9. The van der Waals surface area contributed by atoms with Gasteiger partial charge in [0.1, 0.15) is 0 Å². The summed E-state index contributed by atoms with van der Waals surface area (Å²) in [6.07, 6.45) is 1.15. The third-order valence-corrected chi connectivity index (χ3v) is 11.6. The van der Waals surface area contributed by atoms with Crippen LogP contribution in [0.25, 0.3) is 22.2 Å². The molecule has 0 radical (unpaired) electrons. The Morgan fingerprint density at radius 3 is 2.24 bits per heavy atom.